The molecule has 0 aliphatic heterocycles. The molecule has 4 nitrogen and oxygen atoms in total. The van der Waals surface area contributed by atoms with Crippen LogP contribution in [0.2, 0.25) is 51.4 Å². The topological polar surface area (TPSA) is 55.8 Å². The van der Waals surface area contributed by atoms with Crippen molar-refractivity contribution in [2.75, 3.05) is 12.3 Å². The lowest BCUT2D eigenvalue weighted by molar-refractivity contribution is -0.274. The maximum Gasteiger partial charge on any atom is 0.573 e. The summed E-state index contributed by atoms with van der Waals surface area (Å²) < 4.78 is 60.6. The molecule has 0 heterocycles. The maximum absolute atomic E-state index is 13.6. The fourth-order valence-corrected chi connectivity index (χ4v) is 11.4. The van der Waals surface area contributed by atoms with Crippen LogP contribution in [-0.4, -0.2) is 39.9 Å². The molecule has 1 aromatic rings. The summed E-state index contributed by atoms with van der Waals surface area (Å²) in [5.41, 5.74) is 0.128. The average Bonchev–Trinajstić information content (AvgIpc) is 2.50. The zero-order chi connectivity index (χ0) is 21.8. The second-order valence-electron chi connectivity index (χ2n) is 9.45. The van der Waals surface area contributed by atoms with Gasteiger partial charge in [0.1, 0.15) is 11.5 Å². The van der Waals surface area contributed by atoms with Gasteiger partial charge in [0.05, 0.1) is 6.61 Å². The third-order valence-corrected chi connectivity index (χ3v) is 10.8. The highest BCUT2D eigenvalue weighted by molar-refractivity contribution is 7.59. The SMILES string of the molecule is C[Si](C)(C)CCP(=O)(CC[Si](C)(C)C)Oc1ccc(OC(F)(F)F)cc1CO. The number of hydrogen-bond donors (Lipinski definition) is 1. The van der Waals surface area contributed by atoms with Crippen LogP contribution >= 0.6 is 7.37 Å². The van der Waals surface area contributed by atoms with Gasteiger partial charge >= 0.3 is 6.36 Å². The molecule has 0 spiro atoms. The summed E-state index contributed by atoms with van der Waals surface area (Å²) in [5, 5.41) is 9.56. The minimum atomic E-state index is -4.82. The van der Waals surface area contributed by atoms with E-state index in [1.54, 1.807) is 0 Å². The third-order valence-electron chi connectivity index (χ3n) is 4.11. The minimum Gasteiger partial charge on any atom is -0.442 e. The summed E-state index contributed by atoms with van der Waals surface area (Å²) in [5.74, 6) is -0.283. The van der Waals surface area contributed by atoms with E-state index in [0.717, 1.165) is 24.2 Å². The zero-order valence-corrected chi connectivity index (χ0v) is 20.4. The van der Waals surface area contributed by atoms with Gasteiger partial charge in [0, 0.05) is 34.0 Å². The van der Waals surface area contributed by atoms with Crippen LogP contribution < -0.4 is 9.26 Å². The smallest absolute Gasteiger partial charge is 0.442 e. The van der Waals surface area contributed by atoms with Crippen molar-refractivity contribution in [2.45, 2.75) is 64.3 Å². The van der Waals surface area contributed by atoms with Gasteiger partial charge in [-0.2, -0.15) is 0 Å². The van der Waals surface area contributed by atoms with Crippen LogP contribution in [0.4, 0.5) is 13.2 Å². The van der Waals surface area contributed by atoms with Crippen molar-refractivity contribution in [2.24, 2.45) is 0 Å². The van der Waals surface area contributed by atoms with Gasteiger partial charge in [0.25, 0.3) is 0 Å². The normalized spacial score (nSPS) is 13.5. The van der Waals surface area contributed by atoms with Crippen LogP contribution in [0.1, 0.15) is 5.56 Å². The molecule has 0 atom stereocenters. The Bertz CT molecular complexity index is 676. The molecule has 0 aromatic heterocycles. The number of aliphatic hydroxyl groups is 1. The van der Waals surface area contributed by atoms with E-state index < -0.39 is 42.2 Å². The van der Waals surface area contributed by atoms with E-state index in [-0.39, 0.29) is 11.3 Å². The van der Waals surface area contributed by atoms with Crippen LogP contribution in [0.5, 0.6) is 11.5 Å². The lowest BCUT2D eigenvalue weighted by Gasteiger charge is -2.26. The first kappa shape index (κ1) is 25.3. The van der Waals surface area contributed by atoms with Crippen molar-refractivity contribution in [1.29, 1.82) is 0 Å². The Balaban J connectivity index is 3.10. The molecule has 0 bridgehead atoms. The molecule has 0 unspecified atom stereocenters. The van der Waals surface area contributed by atoms with Gasteiger partial charge in [0.2, 0.25) is 7.37 Å². The quantitative estimate of drug-likeness (QED) is 0.326. The number of rotatable bonds is 10. The molecular formula is C18H32F3O4PSi2. The zero-order valence-electron chi connectivity index (χ0n) is 17.5. The number of hydrogen-bond acceptors (Lipinski definition) is 4. The molecule has 0 aliphatic rings. The van der Waals surface area contributed by atoms with Crippen LogP contribution in [0.3, 0.4) is 0 Å². The van der Waals surface area contributed by atoms with Crippen LogP contribution in [0.25, 0.3) is 0 Å². The molecule has 1 N–H and O–H groups in total. The second kappa shape index (κ2) is 9.36. The molecule has 0 saturated heterocycles. The van der Waals surface area contributed by atoms with E-state index in [0.29, 0.717) is 12.3 Å². The molecule has 0 saturated carbocycles. The largest absolute Gasteiger partial charge is 0.573 e. The van der Waals surface area contributed by atoms with Crippen molar-refractivity contribution in [3.05, 3.63) is 23.8 Å². The van der Waals surface area contributed by atoms with Gasteiger partial charge in [0.15, 0.2) is 0 Å². The highest BCUT2D eigenvalue weighted by Crippen LogP contribution is 2.51. The Morgan fingerprint density at radius 1 is 1.00 bits per heavy atom. The van der Waals surface area contributed by atoms with Gasteiger partial charge in [-0.3, -0.25) is 4.57 Å². The third kappa shape index (κ3) is 10.1. The molecule has 28 heavy (non-hydrogen) atoms. The number of halogens is 3. The van der Waals surface area contributed by atoms with E-state index in [2.05, 4.69) is 44.0 Å². The Morgan fingerprint density at radius 2 is 1.50 bits per heavy atom. The van der Waals surface area contributed by atoms with Crippen LogP contribution in [0.15, 0.2) is 18.2 Å². The predicted octanol–water partition coefficient (Wildman–Crippen LogP) is 6.41. The Hall–Kier alpha value is -0.766. The van der Waals surface area contributed by atoms with Crippen LogP contribution in [-0.2, 0) is 11.2 Å². The fraction of sp³-hybridized carbons (Fsp3) is 0.667. The molecular weight excluding hydrogens is 424 g/mol. The summed E-state index contributed by atoms with van der Waals surface area (Å²) in [6, 6.07) is 5.15. The Kier molecular flexibility index (Phi) is 8.45. The molecule has 0 aliphatic carbocycles. The van der Waals surface area contributed by atoms with E-state index >= 15 is 0 Å². The fourth-order valence-electron chi connectivity index (χ4n) is 2.36. The summed E-state index contributed by atoms with van der Waals surface area (Å²) >= 11 is 0. The monoisotopic (exact) mass is 456 g/mol. The van der Waals surface area contributed by atoms with Gasteiger partial charge < -0.3 is 14.4 Å². The minimum absolute atomic E-state index is 0.128. The molecule has 162 valence electrons. The molecule has 1 rings (SSSR count). The summed E-state index contributed by atoms with van der Waals surface area (Å²) in [4.78, 5) is 0. The summed E-state index contributed by atoms with van der Waals surface area (Å²) in [6.45, 7) is 12.6. The lowest BCUT2D eigenvalue weighted by Crippen LogP contribution is -2.24. The van der Waals surface area contributed by atoms with Crippen molar-refractivity contribution in [1.82, 2.24) is 0 Å². The maximum atomic E-state index is 13.6. The average molecular weight is 457 g/mol. The van der Waals surface area contributed by atoms with Gasteiger partial charge in [-0.25, -0.2) is 0 Å². The molecule has 0 radical (unpaired) electrons. The number of ether oxygens (including phenoxy) is 1. The molecule has 10 heteroatoms. The van der Waals surface area contributed by atoms with E-state index in [4.69, 9.17) is 4.52 Å². The highest BCUT2D eigenvalue weighted by Gasteiger charge is 2.33. The number of aliphatic hydroxyl groups excluding tert-OH is 1. The van der Waals surface area contributed by atoms with Gasteiger partial charge in [-0.15, -0.1) is 13.2 Å². The first-order valence-corrected chi connectivity index (χ1v) is 18.7. The molecule has 1 aromatic carbocycles. The van der Waals surface area contributed by atoms with E-state index in [1.165, 1.54) is 6.07 Å². The standard InChI is InChI=1S/C18H32F3O4PSi2/c1-27(2,3)11-9-26(23,10-12-28(4,5)6)25-17-8-7-16(13-15(17)14-22)24-18(19,20)21/h7-8,13,22H,9-12,14H2,1-6H3. The van der Waals surface area contributed by atoms with E-state index in [9.17, 15) is 22.8 Å². The van der Waals surface area contributed by atoms with Gasteiger partial charge in [-0.1, -0.05) is 39.3 Å². The Labute approximate surface area is 167 Å². The number of benzene rings is 1. The molecule has 0 amide bonds. The van der Waals surface area contributed by atoms with Crippen LogP contribution in [0, 0.1) is 0 Å². The molecule has 0 fully saturated rings. The summed E-state index contributed by atoms with van der Waals surface area (Å²) in [7, 11) is -5.94. The lowest BCUT2D eigenvalue weighted by atomic mass is 10.2. The van der Waals surface area contributed by atoms with Gasteiger partial charge in [-0.05, 0) is 30.3 Å². The summed E-state index contributed by atoms with van der Waals surface area (Å²) in [6.07, 6.45) is -3.93. The van der Waals surface area contributed by atoms with Crippen molar-refractivity contribution in [3.63, 3.8) is 0 Å². The highest BCUT2D eigenvalue weighted by atomic mass is 31.2. The Morgan fingerprint density at radius 3 is 1.89 bits per heavy atom. The van der Waals surface area contributed by atoms with Crippen molar-refractivity contribution < 1.29 is 32.1 Å². The van der Waals surface area contributed by atoms with Crippen molar-refractivity contribution in [3.8, 4) is 11.5 Å². The number of alkyl halides is 3. The van der Waals surface area contributed by atoms with E-state index in [1.807, 2.05) is 0 Å². The first-order chi connectivity index (χ1) is 12.5. The first-order valence-electron chi connectivity index (χ1n) is 9.29. The second-order valence-corrected chi connectivity index (χ2v) is 23.4. The van der Waals surface area contributed by atoms with Crippen molar-refractivity contribution >= 4 is 23.5 Å². The predicted molar refractivity (Wildman–Crippen MR) is 113 cm³/mol.